The lowest BCUT2D eigenvalue weighted by Gasteiger charge is -1.95. The molecule has 0 atom stereocenters. The second-order valence-electron chi connectivity index (χ2n) is 1.79. The molecule has 0 aromatic heterocycles. The number of nitrogens with one attached hydrogen (secondary N) is 1. The van der Waals surface area contributed by atoms with Gasteiger partial charge in [0.15, 0.2) is 0 Å². The Balaban J connectivity index is 0.000000640. The molecule has 54 valence electrons. The summed E-state index contributed by atoms with van der Waals surface area (Å²) in [6.07, 6.45) is 0.903. The quantitative estimate of drug-likeness (QED) is 0.570. The van der Waals surface area contributed by atoms with Crippen LogP contribution in [0, 0.1) is 0 Å². The van der Waals surface area contributed by atoms with Gasteiger partial charge in [-0.1, -0.05) is 0 Å². The maximum Gasteiger partial charge on any atom is 0.0977 e. The lowest BCUT2D eigenvalue weighted by molar-refractivity contribution is 0.936. The molecule has 1 aliphatic rings. The van der Waals surface area contributed by atoms with Crippen LogP contribution in [0.2, 0.25) is 0 Å². The van der Waals surface area contributed by atoms with E-state index in [1.165, 1.54) is 0 Å². The Morgan fingerprint density at radius 3 is 2.89 bits per heavy atom. The third-order valence-corrected chi connectivity index (χ3v) is 1.12. The van der Waals surface area contributed by atoms with Crippen molar-refractivity contribution in [1.82, 2.24) is 5.32 Å². The number of halogens is 1. The van der Waals surface area contributed by atoms with E-state index in [1.807, 2.05) is 0 Å². The minimum atomic E-state index is 0. The van der Waals surface area contributed by atoms with Gasteiger partial charge in [0.05, 0.1) is 12.4 Å². The standard InChI is InChI=1S/C5H11N3.ClH/c6-2-1-5-7-3-4-8-5;/h1-4,6H2,(H,7,8);1H. The fourth-order valence-electron chi connectivity index (χ4n) is 0.751. The van der Waals surface area contributed by atoms with E-state index >= 15 is 0 Å². The van der Waals surface area contributed by atoms with Crippen LogP contribution in [0.25, 0.3) is 0 Å². The highest BCUT2D eigenvalue weighted by molar-refractivity contribution is 5.85. The van der Waals surface area contributed by atoms with Crippen LogP contribution in [0.4, 0.5) is 0 Å². The summed E-state index contributed by atoms with van der Waals surface area (Å²) < 4.78 is 0. The highest BCUT2D eigenvalue weighted by Crippen LogP contribution is 1.87. The monoisotopic (exact) mass is 149 g/mol. The van der Waals surface area contributed by atoms with Crippen LogP contribution in [-0.4, -0.2) is 25.5 Å². The first-order chi connectivity index (χ1) is 3.93. The summed E-state index contributed by atoms with van der Waals surface area (Å²) in [5.74, 6) is 1.08. The van der Waals surface area contributed by atoms with E-state index in [9.17, 15) is 0 Å². The second-order valence-corrected chi connectivity index (χ2v) is 1.79. The molecule has 0 amide bonds. The molecular weight excluding hydrogens is 138 g/mol. The molecule has 3 nitrogen and oxygen atoms in total. The Hall–Kier alpha value is -0.280. The molecule has 0 saturated heterocycles. The Bertz CT molecular complexity index is 102. The van der Waals surface area contributed by atoms with E-state index in [0.29, 0.717) is 6.54 Å². The van der Waals surface area contributed by atoms with Gasteiger partial charge in [-0.05, 0) is 6.54 Å². The summed E-state index contributed by atoms with van der Waals surface area (Å²) in [4.78, 5) is 4.15. The largest absolute Gasteiger partial charge is 0.372 e. The molecule has 4 heteroatoms. The normalized spacial score (nSPS) is 15.9. The Labute approximate surface area is 61.1 Å². The molecule has 0 unspecified atom stereocenters. The van der Waals surface area contributed by atoms with E-state index < -0.39 is 0 Å². The van der Waals surface area contributed by atoms with Gasteiger partial charge < -0.3 is 11.1 Å². The van der Waals surface area contributed by atoms with Gasteiger partial charge in [-0.15, -0.1) is 12.4 Å². The van der Waals surface area contributed by atoms with Gasteiger partial charge >= 0.3 is 0 Å². The third kappa shape index (κ3) is 2.67. The summed E-state index contributed by atoms with van der Waals surface area (Å²) in [6.45, 7) is 2.62. The van der Waals surface area contributed by atoms with E-state index in [0.717, 1.165) is 25.3 Å². The van der Waals surface area contributed by atoms with Gasteiger partial charge in [-0.25, -0.2) is 0 Å². The van der Waals surface area contributed by atoms with Crippen LogP contribution in [0.3, 0.4) is 0 Å². The molecular formula is C5H12ClN3. The van der Waals surface area contributed by atoms with Crippen LogP contribution >= 0.6 is 12.4 Å². The van der Waals surface area contributed by atoms with Crippen LogP contribution in [0.15, 0.2) is 4.99 Å². The molecule has 1 heterocycles. The molecule has 0 aromatic rings. The van der Waals surface area contributed by atoms with E-state index in [1.54, 1.807) is 0 Å². The van der Waals surface area contributed by atoms with Crippen molar-refractivity contribution in [2.75, 3.05) is 19.6 Å². The molecule has 1 aliphatic heterocycles. The zero-order chi connectivity index (χ0) is 5.82. The highest BCUT2D eigenvalue weighted by Gasteiger charge is 2.00. The van der Waals surface area contributed by atoms with Gasteiger partial charge in [0.25, 0.3) is 0 Å². The molecule has 0 aliphatic carbocycles. The van der Waals surface area contributed by atoms with Crippen molar-refractivity contribution in [1.29, 1.82) is 0 Å². The number of amidine groups is 1. The minimum Gasteiger partial charge on any atom is -0.372 e. The lowest BCUT2D eigenvalue weighted by Crippen LogP contribution is -2.21. The van der Waals surface area contributed by atoms with Crippen LogP contribution in [-0.2, 0) is 0 Å². The maximum atomic E-state index is 5.29. The Kier molecular flexibility index (Phi) is 4.44. The molecule has 0 spiro atoms. The number of hydrogen-bond acceptors (Lipinski definition) is 3. The molecule has 0 fully saturated rings. The second kappa shape index (κ2) is 4.58. The topological polar surface area (TPSA) is 50.4 Å². The van der Waals surface area contributed by atoms with Gasteiger partial charge in [-0.3, -0.25) is 4.99 Å². The smallest absolute Gasteiger partial charge is 0.0977 e. The van der Waals surface area contributed by atoms with E-state index in [-0.39, 0.29) is 12.4 Å². The molecule has 0 saturated carbocycles. The number of nitrogens with zero attached hydrogens (tertiary/aromatic N) is 1. The summed E-state index contributed by atoms with van der Waals surface area (Å²) in [5.41, 5.74) is 5.29. The Morgan fingerprint density at radius 1 is 1.67 bits per heavy atom. The maximum absolute atomic E-state index is 5.29. The van der Waals surface area contributed by atoms with Crippen molar-refractivity contribution in [2.45, 2.75) is 6.42 Å². The van der Waals surface area contributed by atoms with Crippen molar-refractivity contribution in [3.63, 3.8) is 0 Å². The first-order valence-electron chi connectivity index (χ1n) is 2.91. The van der Waals surface area contributed by atoms with Gasteiger partial charge in [0, 0.05) is 13.0 Å². The molecule has 3 N–H and O–H groups in total. The van der Waals surface area contributed by atoms with Crippen molar-refractivity contribution >= 4 is 18.2 Å². The minimum absolute atomic E-state index is 0. The van der Waals surface area contributed by atoms with Crippen molar-refractivity contribution in [3.8, 4) is 0 Å². The molecule has 0 bridgehead atoms. The van der Waals surface area contributed by atoms with Gasteiger partial charge in [0.2, 0.25) is 0 Å². The first kappa shape index (κ1) is 8.72. The molecule has 1 rings (SSSR count). The predicted molar refractivity (Wildman–Crippen MR) is 41.2 cm³/mol. The van der Waals surface area contributed by atoms with Crippen LogP contribution in [0.1, 0.15) is 6.42 Å². The SMILES string of the molecule is Cl.NCCC1=NCCN1. The molecule has 9 heavy (non-hydrogen) atoms. The van der Waals surface area contributed by atoms with E-state index in [2.05, 4.69) is 10.3 Å². The summed E-state index contributed by atoms with van der Waals surface area (Å²) in [5, 5.41) is 3.13. The van der Waals surface area contributed by atoms with Gasteiger partial charge in [0.1, 0.15) is 0 Å². The fraction of sp³-hybridized carbons (Fsp3) is 0.800. The van der Waals surface area contributed by atoms with Crippen molar-refractivity contribution < 1.29 is 0 Å². The van der Waals surface area contributed by atoms with Crippen LogP contribution in [0.5, 0.6) is 0 Å². The third-order valence-electron chi connectivity index (χ3n) is 1.12. The Morgan fingerprint density at radius 2 is 2.44 bits per heavy atom. The lowest BCUT2D eigenvalue weighted by atomic mass is 10.4. The van der Waals surface area contributed by atoms with Gasteiger partial charge in [-0.2, -0.15) is 0 Å². The zero-order valence-corrected chi connectivity index (χ0v) is 6.08. The fourth-order valence-corrected chi connectivity index (χ4v) is 0.751. The zero-order valence-electron chi connectivity index (χ0n) is 5.26. The number of aliphatic imine (C=N–C) groups is 1. The predicted octanol–water partition coefficient (Wildman–Crippen LogP) is -0.241. The summed E-state index contributed by atoms with van der Waals surface area (Å²) in [7, 11) is 0. The number of nitrogens with two attached hydrogens (primary N) is 1. The van der Waals surface area contributed by atoms with Crippen molar-refractivity contribution in [3.05, 3.63) is 0 Å². The first-order valence-corrected chi connectivity index (χ1v) is 2.91. The highest BCUT2D eigenvalue weighted by atomic mass is 35.5. The molecule has 0 radical (unpaired) electrons. The van der Waals surface area contributed by atoms with E-state index in [4.69, 9.17) is 5.73 Å². The number of rotatable bonds is 2. The average molecular weight is 150 g/mol. The molecule has 0 aromatic carbocycles. The summed E-state index contributed by atoms with van der Waals surface area (Å²) >= 11 is 0. The van der Waals surface area contributed by atoms with Crippen LogP contribution < -0.4 is 11.1 Å². The number of hydrogen-bond donors (Lipinski definition) is 2. The van der Waals surface area contributed by atoms with Crippen molar-refractivity contribution in [2.24, 2.45) is 10.7 Å². The summed E-state index contributed by atoms with van der Waals surface area (Å²) in [6, 6.07) is 0. The average Bonchev–Trinajstić information content (AvgIpc) is 2.19.